The molecule has 5 nitrogen and oxygen atoms in total. The largest absolute Gasteiger partial charge is 0.466 e. The topological polar surface area (TPSA) is 69.4 Å². The zero-order valence-corrected chi connectivity index (χ0v) is 10.2. The third-order valence-corrected chi connectivity index (χ3v) is 2.41. The molecular formula is C10H10BrNO4. The second-order valence-corrected chi connectivity index (χ2v) is 4.04. The SMILES string of the molecule is CC(=O)OCCc1cc(Br)ccc1[N+](=O)[O-]. The number of hydrogen-bond acceptors (Lipinski definition) is 4. The molecule has 1 aromatic carbocycles. The average Bonchev–Trinajstić information content (AvgIpc) is 2.16. The van der Waals surface area contributed by atoms with E-state index in [1.165, 1.54) is 13.0 Å². The molecule has 0 amide bonds. The van der Waals surface area contributed by atoms with Gasteiger partial charge in [-0.3, -0.25) is 14.9 Å². The maximum Gasteiger partial charge on any atom is 0.302 e. The van der Waals surface area contributed by atoms with Gasteiger partial charge < -0.3 is 4.74 Å². The standard InChI is InChI=1S/C10H10BrNO4/c1-7(13)16-5-4-8-6-9(11)2-3-10(8)12(14)15/h2-3,6H,4-5H2,1H3. The van der Waals surface area contributed by atoms with Crippen LogP contribution in [-0.4, -0.2) is 17.5 Å². The minimum atomic E-state index is -0.449. The van der Waals surface area contributed by atoms with E-state index in [0.29, 0.717) is 12.0 Å². The highest BCUT2D eigenvalue weighted by molar-refractivity contribution is 9.10. The Morgan fingerprint density at radius 1 is 1.56 bits per heavy atom. The van der Waals surface area contributed by atoms with Gasteiger partial charge >= 0.3 is 5.97 Å². The number of nitro benzene ring substituents is 1. The first-order valence-electron chi connectivity index (χ1n) is 4.57. The fraction of sp³-hybridized carbons (Fsp3) is 0.300. The van der Waals surface area contributed by atoms with Crippen LogP contribution in [0.3, 0.4) is 0 Å². The molecule has 0 aliphatic heterocycles. The fourth-order valence-electron chi connectivity index (χ4n) is 1.24. The first kappa shape index (κ1) is 12.6. The fourth-order valence-corrected chi connectivity index (χ4v) is 1.65. The summed E-state index contributed by atoms with van der Waals surface area (Å²) < 4.78 is 5.50. The number of nitro groups is 1. The molecule has 0 aliphatic rings. The Hall–Kier alpha value is -1.43. The Balaban J connectivity index is 2.80. The molecule has 0 aliphatic carbocycles. The highest BCUT2D eigenvalue weighted by atomic mass is 79.9. The van der Waals surface area contributed by atoms with E-state index < -0.39 is 10.9 Å². The molecule has 1 rings (SSSR count). The number of nitrogens with zero attached hydrogens (tertiary/aromatic N) is 1. The molecule has 0 N–H and O–H groups in total. The lowest BCUT2D eigenvalue weighted by atomic mass is 10.1. The van der Waals surface area contributed by atoms with Crippen LogP contribution >= 0.6 is 15.9 Å². The van der Waals surface area contributed by atoms with Gasteiger partial charge in [-0.2, -0.15) is 0 Å². The van der Waals surface area contributed by atoms with Gasteiger partial charge in [0.15, 0.2) is 0 Å². The second kappa shape index (κ2) is 5.60. The Kier molecular flexibility index (Phi) is 4.42. The molecular weight excluding hydrogens is 278 g/mol. The van der Waals surface area contributed by atoms with E-state index in [-0.39, 0.29) is 12.3 Å². The van der Waals surface area contributed by atoms with E-state index in [9.17, 15) is 14.9 Å². The highest BCUT2D eigenvalue weighted by Crippen LogP contribution is 2.23. The minimum absolute atomic E-state index is 0.0374. The Bertz CT molecular complexity index is 419. The van der Waals surface area contributed by atoms with Gasteiger partial charge in [-0.05, 0) is 12.1 Å². The molecule has 6 heteroatoms. The lowest BCUT2D eigenvalue weighted by molar-refractivity contribution is -0.385. The molecule has 0 spiro atoms. The lowest BCUT2D eigenvalue weighted by Gasteiger charge is -2.04. The van der Waals surface area contributed by atoms with Crippen LogP contribution in [0.4, 0.5) is 5.69 Å². The number of hydrogen-bond donors (Lipinski definition) is 0. The number of carbonyl (C=O) groups excluding carboxylic acids is 1. The van der Waals surface area contributed by atoms with Gasteiger partial charge in [0.25, 0.3) is 5.69 Å². The van der Waals surface area contributed by atoms with Gasteiger partial charge in [-0.1, -0.05) is 15.9 Å². The maximum atomic E-state index is 10.7. The van der Waals surface area contributed by atoms with Gasteiger partial charge in [0.05, 0.1) is 11.5 Å². The first-order valence-corrected chi connectivity index (χ1v) is 5.36. The molecule has 86 valence electrons. The number of esters is 1. The minimum Gasteiger partial charge on any atom is -0.466 e. The highest BCUT2D eigenvalue weighted by Gasteiger charge is 2.13. The number of carbonyl (C=O) groups is 1. The first-order chi connectivity index (χ1) is 7.50. The van der Waals surface area contributed by atoms with Crippen molar-refractivity contribution in [2.24, 2.45) is 0 Å². The van der Waals surface area contributed by atoms with E-state index in [2.05, 4.69) is 15.9 Å². The summed E-state index contributed by atoms with van der Waals surface area (Å²) in [6, 6.07) is 4.68. The van der Waals surface area contributed by atoms with Crippen LogP contribution in [0.2, 0.25) is 0 Å². The smallest absolute Gasteiger partial charge is 0.302 e. The number of ether oxygens (including phenoxy) is 1. The monoisotopic (exact) mass is 287 g/mol. The number of rotatable bonds is 4. The normalized spacial score (nSPS) is 9.88. The molecule has 0 saturated heterocycles. The summed E-state index contributed by atoms with van der Waals surface area (Å²) in [5.41, 5.74) is 0.580. The van der Waals surface area contributed by atoms with E-state index in [1.54, 1.807) is 12.1 Å². The molecule has 0 heterocycles. The maximum absolute atomic E-state index is 10.7. The third kappa shape index (κ3) is 3.62. The van der Waals surface area contributed by atoms with E-state index in [1.807, 2.05) is 0 Å². The van der Waals surface area contributed by atoms with Crippen molar-refractivity contribution in [1.29, 1.82) is 0 Å². The molecule has 0 unspecified atom stereocenters. The molecule has 1 aromatic rings. The second-order valence-electron chi connectivity index (χ2n) is 3.12. The Labute approximate surface area is 101 Å². The molecule has 0 fully saturated rings. The van der Waals surface area contributed by atoms with Gasteiger partial charge in [0.1, 0.15) is 0 Å². The summed E-state index contributed by atoms with van der Waals surface area (Å²) in [6.07, 6.45) is 0.329. The molecule has 0 saturated carbocycles. The molecule has 0 radical (unpaired) electrons. The molecule has 0 aromatic heterocycles. The summed E-state index contributed by atoms with van der Waals surface area (Å²) in [7, 11) is 0. The predicted octanol–water partition coefficient (Wildman–Crippen LogP) is 2.46. The van der Waals surface area contributed by atoms with Crippen LogP contribution in [0.5, 0.6) is 0 Å². The van der Waals surface area contributed by atoms with Crippen LogP contribution in [0.15, 0.2) is 22.7 Å². The predicted molar refractivity (Wildman–Crippen MR) is 61.1 cm³/mol. The van der Waals surface area contributed by atoms with Crippen molar-refractivity contribution in [2.45, 2.75) is 13.3 Å². The summed E-state index contributed by atoms with van der Waals surface area (Å²) in [6.45, 7) is 1.45. The third-order valence-electron chi connectivity index (χ3n) is 1.91. The van der Waals surface area contributed by atoms with Crippen molar-refractivity contribution in [2.75, 3.05) is 6.61 Å². The summed E-state index contributed by atoms with van der Waals surface area (Å²) in [5, 5.41) is 10.7. The van der Waals surface area contributed by atoms with Crippen molar-refractivity contribution < 1.29 is 14.5 Å². The summed E-state index contributed by atoms with van der Waals surface area (Å²) >= 11 is 3.24. The van der Waals surface area contributed by atoms with Gasteiger partial charge in [-0.15, -0.1) is 0 Å². The van der Waals surface area contributed by atoms with Gasteiger partial charge in [-0.25, -0.2) is 0 Å². The van der Waals surface area contributed by atoms with Crippen LogP contribution < -0.4 is 0 Å². The molecule has 0 atom stereocenters. The van der Waals surface area contributed by atoms with Crippen molar-refractivity contribution in [1.82, 2.24) is 0 Å². The number of halogens is 1. The zero-order chi connectivity index (χ0) is 12.1. The summed E-state index contributed by atoms with van der Waals surface area (Å²) in [5.74, 6) is -0.391. The van der Waals surface area contributed by atoms with Crippen molar-refractivity contribution in [3.8, 4) is 0 Å². The van der Waals surface area contributed by atoms with Crippen molar-refractivity contribution in [3.63, 3.8) is 0 Å². The van der Waals surface area contributed by atoms with Crippen molar-refractivity contribution in [3.05, 3.63) is 38.3 Å². The van der Waals surface area contributed by atoms with E-state index in [0.717, 1.165) is 4.47 Å². The molecule has 16 heavy (non-hydrogen) atoms. The van der Waals surface area contributed by atoms with E-state index in [4.69, 9.17) is 4.74 Å². The van der Waals surface area contributed by atoms with E-state index >= 15 is 0 Å². The lowest BCUT2D eigenvalue weighted by Crippen LogP contribution is -2.05. The van der Waals surface area contributed by atoms with Crippen LogP contribution in [-0.2, 0) is 16.0 Å². The van der Waals surface area contributed by atoms with Crippen LogP contribution in [0, 0.1) is 10.1 Å². The molecule has 0 bridgehead atoms. The van der Waals surface area contributed by atoms with Crippen LogP contribution in [0.25, 0.3) is 0 Å². The Morgan fingerprint density at radius 2 is 2.25 bits per heavy atom. The van der Waals surface area contributed by atoms with Gasteiger partial charge in [0.2, 0.25) is 0 Å². The average molecular weight is 288 g/mol. The quantitative estimate of drug-likeness (QED) is 0.485. The van der Waals surface area contributed by atoms with Crippen LogP contribution in [0.1, 0.15) is 12.5 Å². The zero-order valence-electron chi connectivity index (χ0n) is 8.60. The number of benzene rings is 1. The van der Waals surface area contributed by atoms with Gasteiger partial charge in [0, 0.05) is 29.4 Å². The van der Waals surface area contributed by atoms with Crippen molar-refractivity contribution >= 4 is 27.6 Å². The Morgan fingerprint density at radius 3 is 2.81 bits per heavy atom. The summed E-state index contributed by atoms with van der Waals surface area (Å²) in [4.78, 5) is 20.8.